The molecule has 1 N–H and O–H groups in total. The van der Waals surface area contributed by atoms with E-state index in [1.807, 2.05) is 0 Å². The van der Waals surface area contributed by atoms with Crippen LogP contribution in [0.15, 0.2) is 33.3 Å². The van der Waals surface area contributed by atoms with Gasteiger partial charge < -0.3 is 14.7 Å². The fraction of sp³-hybridized carbons (Fsp3) is 0.214. The first-order chi connectivity index (χ1) is 10.4. The number of aryl methyl sites for hydroxylation is 1. The molecule has 0 saturated heterocycles. The van der Waals surface area contributed by atoms with Crippen LogP contribution >= 0.6 is 15.9 Å². The van der Waals surface area contributed by atoms with Crippen molar-refractivity contribution in [1.82, 2.24) is 10.1 Å². The third-order valence-corrected chi connectivity index (χ3v) is 3.44. The zero-order valence-corrected chi connectivity index (χ0v) is 13.5. The number of halogens is 2. The Morgan fingerprint density at radius 3 is 2.73 bits per heavy atom. The maximum Gasteiger partial charge on any atom is 0.255 e. The van der Waals surface area contributed by atoms with E-state index in [4.69, 9.17) is 4.52 Å². The first-order valence-electron chi connectivity index (χ1n) is 6.30. The van der Waals surface area contributed by atoms with Gasteiger partial charge in [0.25, 0.3) is 5.91 Å². The summed E-state index contributed by atoms with van der Waals surface area (Å²) in [6.07, 6.45) is 0. The second-order valence-corrected chi connectivity index (χ2v) is 5.51. The molecule has 0 bridgehead atoms. The number of anilines is 1. The van der Waals surface area contributed by atoms with E-state index in [-0.39, 0.29) is 17.9 Å². The minimum atomic E-state index is -0.453. The third kappa shape index (κ3) is 3.91. The van der Waals surface area contributed by atoms with Crippen LogP contribution in [0.2, 0.25) is 0 Å². The Kier molecular flexibility index (Phi) is 4.92. The highest BCUT2D eigenvalue weighted by Gasteiger charge is 2.18. The molecule has 1 heterocycles. The van der Waals surface area contributed by atoms with Gasteiger partial charge in [0, 0.05) is 17.6 Å². The molecule has 2 aromatic rings. The molecular weight excluding hydrogens is 357 g/mol. The Morgan fingerprint density at radius 2 is 2.14 bits per heavy atom. The van der Waals surface area contributed by atoms with Crippen LogP contribution in [0.5, 0.6) is 0 Å². The quantitative estimate of drug-likeness (QED) is 0.898. The first-order valence-corrected chi connectivity index (χ1v) is 7.10. The highest BCUT2D eigenvalue weighted by atomic mass is 79.9. The molecular formula is C14H13BrFN3O3. The standard InChI is InChI=1S/C14H13BrFN3O3/c1-8-5-12(18-22-8)17-13(20)7-19(2)14(21)10-4-3-9(16)6-11(10)15/h3-6H,7H2,1-2H3,(H,17,18,20). The van der Waals surface area contributed by atoms with Gasteiger partial charge in [-0.2, -0.15) is 0 Å². The number of rotatable bonds is 4. The second-order valence-electron chi connectivity index (χ2n) is 4.66. The summed E-state index contributed by atoms with van der Waals surface area (Å²) in [5.74, 6) is -0.424. The molecule has 1 aromatic carbocycles. The molecule has 8 heteroatoms. The number of carbonyl (C=O) groups excluding carboxylic acids is 2. The lowest BCUT2D eigenvalue weighted by Gasteiger charge is -2.17. The summed E-state index contributed by atoms with van der Waals surface area (Å²) in [5, 5.41) is 6.14. The van der Waals surface area contributed by atoms with Gasteiger partial charge in [0.1, 0.15) is 11.6 Å². The van der Waals surface area contributed by atoms with Crippen LogP contribution in [0.1, 0.15) is 16.1 Å². The third-order valence-electron chi connectivity index (χ3n) is 2.78. The van der Waals surface area contributed by atoms with Crippen molar-refractivity contribution in [2.45, 2.75) is 6.92 Å². The van der Waals surface area contributed by atoms with E-state index in [0.29, 0.717) is 10.2 Å². The molecule has 116 valence electrons. The van der Waals surface area contributed by atoms with Crippen molar-refractivity contribution in [3.8, 4) is 0 Å². The summed E-state index contributed by atoms with van der Waals surface area (Å²) in [6, 6.07) is 5.30. The number of hydrogen-bond donors (Lipinski definition) is 1. The van der Waals surface area contributed by atoms with E-state index in [1.165, 1.54) is 30.1 Å². The lowest BCUT2D eigenvalue weighted by Crippen LogP contribution is -2.35. The van der Waals surface area contributed by atoms with Gasteiger partial charge in [-0.3, -0.25) is 9.59 Å². The smallest absolute Gasteiger partial charge is 0.255 e. The Labute approximate surface area is 134 Å². The van der Waals surface area contributed by atoms with Crippen LogP contribution in [0.4, 0.5) is 10.2 Å². The van der Waals surface area contributed by atoms with Crippen molar-refractivity contribution in [2.24, 2.45) is 0 Å². The summed E-state index contributed by atoms with van der Waals surface area (Å²) in [4.78, 5) is 25.3. The largest absolute Gasteiger partial charge is 0.360 e. The van der Waals surface area contributed by atoms with E-state index in [0.717, 1.165) is 0 Å². The Balaban J connectivity index is 2.00. The Hall–Kier alpha value is -2.22. The highest BCUT2D eigenvalue weighted by Crippen LogP contribution is 2.19. The maximum atomic E-state index is 13.0. The maximum absolute atomic E-state index is 13.0. The molecule has 0 fully saturated rings. The molecule has 0 radical (unpaired) electrons. The van der Waals surface area contributed by atoms with Crippen molar-refractivity contribution < 1.29 is 18.5 Å². The van der Waals surface area contributed by atoms with Gasteiger partial charge in [0.05, 0.1) is 12.1 Å². The SMILES string of the molecule is Cc1cc(NC(=O)CN(C)C(=O)c2ccc(F)cc2Br)no1. The van der Waals surface area contributed by atoms with E-state index in [9.17, 15) is 14.0 Å². The predicted molar refractivity (Wildman–Crippen MR) is 80.9 cm³/mol. The highest BCUT2D eigenvalue weighted by molar-refractivity contribution is 9.10. The summed E-state index contributed by atoms with van der Waals surface area (Å²) in [6.45, 7) is 1.53. The van der Waals surface area contributed by atoms with Gasteiger partial charge in [-0.15, -0.1) is 0 Å². The van der Waals surface area contributed by atoms with Crippen molar-refractivity contribution in [3.05, 3.63) is 45.9 Å². The molecule has 2 amide bonds. The van der Waals surface area contributed by atoms with Crippen LogP contribution in [0, 0.1) is 12.7 Å². The van der Waals surface area contributed by atoms with Gasteiger partial charge in [0.2, 0.25) is 5.91 Å². The van der Waals surface area contributed by atoms with Gasteiger partial charge in [-0.1, -0.05) is 5.16 Å². The number of carbonyl (C=O) groups is 2. The number of aromatic nitrogens is 1. The number of likely N-dealkylation sites (N-methyl/N-ethyl adjacent to an activating group) is 1. The summed E-state index contributed by atoms with van der Waals surface area (Å²) >= 11 is 3.13. The fourth-order valence-corrected chi connectivity index (χ4v) is 2.28. The van der Waals surface area contributed by atoms with Crippen molar-refractivity contribution >= 4 is 33.6 Å². The molecule has 0 unspecified atom stereocenters. The number of nitrogens with one attached hydrogen (secondary N) is 1. The zero-order chi connectivity index (χ0) is 16.3. The number of hydrogen-bond acceptors (Lipinski definition) is 4. The van der Waals surface area contributed by atoms with Gasteiger partial charge in [-0.05, 0) is 41.1 Å². The molecule has 0 aliphatic rings. The van der Waals surface area contributed by atoms with E-state index in [1.54, 1.807) is 13.0 Å². The van der Waals surface area contributed by atoms with Crippen LogP contribution in [-0.4, -0.2) is 35.5 Å². The summed E-state index contributed by atoms with van der Waals surface area (Å²) < 4.78 is 18.2. The molecule has 22 heavy (non-hydrogen) atoms. The number of nitrogens with zero attached hydrogens (tertiary/aromatic N) is 2. The molecule has 0 aliphatic heterocycles. The van der Waals surface area contributed by atoms with Gasteiger partial charge in [0.15, 0.2) is 5.82 Å². The average molecular weight is 370 g/mol. The molecule has 0 atom stereocenters. The van der Waals surface area contributed by atoms with Crippen LogP contribution in [-0.2, 0) is 4.79 Å². The minimum Gasteiger partial charge on any atom is -0.360 e. The lowest BCUT2D eigenvalue weighted by molar-refractivity contribution is -0.116. The average Bonchev–Trinajstić information content (AvgIpc) is 2.83. The van der Waals surface area contributed by atoms with Crippen LogP contribution in [0.25, 0.3) is 0 Å². The normalized spacial score (nSPS) is 10.4. The topological polar surface area (TPSA) is 75.4 Å². The molecule has 1 aromatic heterocycles. The van der Waals surface area contributed by atoms with E-state index >= 15 is 0 Å². The first kappa shape index (κ1) is 16.2. The van der Waals surface area contributed by atoms with Crippen molar-refractivity contribution in [2.75, 3.05) is 18.9 Å². The summed E-state index contributed by atoms with van der Waals surface area (Å²) in [5.41, 5.74) is 0.272. The van der Waals surface area contributed by atoms with E-state index < -0.39 is 17.6 Å². The van der Waals surface area contributed by atoms with Gasteiger partial charge >= 0.3 is 0 Å². The Morgan fingerprint density at radius 1 is 1.41 bits per heavy atom. The van der Waals surface area contributed by atoms with Crippen molar-refractivity contribution in [1.29, 1.82) is 0 Å². The monoisotopic (exact) mass is 369 g/mol. The number of benzene rings is 1. The Bertz CT molecular complexity index is 717. The predicted octanol–water partition coefficient (Wildman–Crippen LogP) is 2.60. The molecule has 6 nitrogen and oxygen atoms in total. The van der Waals surface area contributed by atoms with Gasteiger partial charge in [-0.25, -0.2) is 4.39 Å². The second kappa shape index (κ2) is 6.69. The fourth-order valence-electron chi connectivity index (χ4n) is 1.76. The number of amides is 2. The van der Waals surface area contributed by atoms with Crippen LogP contribution < -0.4 is 5.32 Å². The molecule has 0 spiro atoms. The minimum absolute atomic E-state index is 0.172. The lowest BCUT2D eigenvalue weighted by atomic mass is 10.2. The zero-order valence-electron chi connectivity index (χ0n) is 11.9. The molecule has 0 aliphatic carbocycles. The van der Waals surface area contributed by atoms with Crippen LogP contribution in [0.3, 0.4) is 0 Å². The van der Waals surface area contributed by atoms with Crippen molar-refractivity contribution in [3.63, 3.8) is 0 Å². The van der Waals surface area contributed by atoms with E-state index in [2.05, 4.69) is 26.4 Å². The molecule has 0 saturated carbocycles. The molecule has 2 rings (SSSR count). The summed E-state index contributed by atoms with van der Waals surface area (Å²) in [7, 11) is 1.48.